The van der Waals surface area contributed by atoms with Crippen molar-refractivity contribution >= 4 is 0 Å². The molecule has 8 unspecified atom stereocenters. The molecule has 0 spiro atoms. The van der Waals surface area contributed by atoms with Crippen LogP contribution in [0.5, 0.6) is 0 Å². The normalized spacial score (nSPS) is 40.0. The molecule has 0 aromatic heterocycles. The van der Waals surface area contributed by atoms with Crippen molar-refractivity contribution < 1.29 is 9.47 Å². The lowest BCUT2D eigenvalue weighted by Crippen LogP contribution is -2.52. The van der Waals surface area contributed by atoms with Crippen molar-refractivity contribution in [1.82, 2.24) is 4.90 Å². The lowest BCUT2D eigenvalue weighted by atomic mass is 9.68. The van der Waals surface area contributed by atoms with Gasteiger partial charge in [0, 0.05) is 54.3 Å². The van der Waals surface area contributed by atoms with Crippen molar-refractivity contribution in [2.45, 2.75) is 153 Å². The van der Waals surface area contributed by atoms with Crippen LogP contribution in [0.2, 0.25) is 0 Å². The molecule has 5 heteroatoms. The Morgan fingerprint density at radius 1 is 0.776 bits per heavy atom. The number of nitrogens with zero attached hydrogens (tertiary/aromatic N) is 3. The van der Waals surface area contributed by atoms with E-state index in [9.17, 15) is 10.5 Å². The molecule has 9 rings (SSSR count). The van der Waals surface area contributed by atoms with Gasteiger partial charge in [0.15, 0.2) is 0 Å². The molecule has 0 aromatic carbocycles. The third-order valence-corrected chi connectivity index (χ3v) is 14.4. The highest BCUT2D eigenvalue weighted by Crippen LogP contribution is 2.53. The number of rotatable bonds is 5. The first-order valence-electron chi connectivity index (χ1n) is 20.3. The summed E-state index contributed by atoms with van der Waals surface area (Å²) in [6.07, 6.45) is 36.0. The van der Waals surface area contributed by atoms with E-state index < -0.39 is 0 Å². The fraction of sp³-hybridized carbons (Fsp3) is 0.682. The first-order chi connectivity index (χ1) is 24.2. The van der Waals surface area contributed by atoms with Gasteiger partial charge in [0.25, 0.3) is 0 Å². The Morgan fingerprint density at radius 3 is 2.49 bits per heavy atom. The molecule has 0 radical (unpaired) electrons. The van der Waals surface area contributed by atoms with E-state index in [1.165, 1.54) is 119 Å². The first-order valence-corrected chi connectivity index (χ1v) is 20.3. The molecular formula is C44H55N3O2. The van der Waals surface area contributed by atoms with Crippen LogP contribution in [-0.4, -0.2) is 29.1 Å². The summed E-state index contributed by atoms with van der Waals surface area (Å²) in [6, 6.07) is 6.13. The van der Waals surface area contributed by atoms with Crippen LogP contribution < -0.4 is 0 Å². The molecule has 258 valence electrons. The zero-order chi connectivity index (χ0) is 32.9. The van der Waals surface area contributed by atoms with Crippen LogP contribution in [0.15, 0.2) is 70.0 Å². The van der Waals surface area contributed by atoms with E-state index in [4.69, 9.17) is 9.47 Å². The molecule has 2 aliphatic heterocycles. The molecule has 49 heavy (non-hydrogen) atoms. The van der Waals surface area contributed by atoms with E-state index in [1.54, 1.807) is 11.1 Å². The summed E-state index contributed by atoms with van der Waals surface area (Å²) in [4.78, 5) is 2.84. The first kappa shape index (κ1) is 31.9. The topological polar surface area (TPSA) is 69.3 Å². The summed E-state index contributed by atoms with van der Waals surface area (Å²) in [6.45, 7) is 0. The molecule has 0 saturated heterocycles. The lowest BCUT2D eigenvalue weighted by Gasteiger charge is -2.48. The summed E-state index contributed by atoms with van der Waals surface area (Å²) in [5.41, 5.74) is 5.65. The fourth-order valence-corrected chi connectivity index (χ4v) is 12.2. The van der Waals surface area contributed by atoms with Gasteiger partial charge in [0.05, 0.1) is 18.1 Å². The Labute approximate surface area is 294 Å². The summed E-state index contributed by atoms with van der Waals surface area (Å²) in [5, 5.41) is 20.0. The maximum atomic E-state index is 10.0. The van der Waals surface area contributed by atoms with E-state index in [1.807, 2.05) is 6.08 Å². The predicted octanol–water partition coefficient (Wildman–Crippen LogP) is 10.3. The standard InChI is InChI=1S/C44H55N3O2/c45-26-28-23-29(27-46)25-34(24-28)47(32-19-15-30(16-20-32)35-9-5-11-39-37-7-1-3-13-41(37)48-43(35)39)33-21-17-31(18-22-33)36-10-6-12-40-38-8-2-4-14-42(38)49-44(36)40/h1,7,15,19,23,28,30-35,39-40,43H,2-6,8-14,16-18,20-22,24-25H2. The highest BCUT2D eigenvalue weighted by molar-refractivity contribution is 5.36. The van der Waals surface area contributed by atoms with E-state index in [0.29, 0.717) is 47.8 Å². The predicted molar refractivity (Wildman–Crippen MR) is 191 cm³/mol. The molecule has 2 saturated carbocycles. The second-order valence-corrected chi connectivity index (χ2v) is 17.0. The molecule has 2 heterocycles. The number of hydrogen-bond acceptors (Lipinski definition) is 5. The van der Waals surface area contributed by atoms with Crippen LogP contribution in [0.1, 0.15) is 128 Å². The molecule has 0 amide bonds. The van der Waals surface area contributed by atoms with Gasteiger partial charge in [0.1, 0.15) is 23.4 Å². The Balaban J connectivity index is 0.926. The molecule has 7 aliphatic carbocycles. The van der Waals surface area contributed by atoms with Crippen LogP contribution in [0.4, 0.5) is 0 Å². The van der Waals surface area contributed by atoms with E-state index in [-0.39, 0.29) is 12.0 Å². The minimum absolute atomic E-state index is 0.164. The van der Waals surface area contributed by atoms with Crippen molar-refractivity contribution in [3.8, 4) is 12.1 Å². The van der Waals surface area contributed by atoms with Crippen LogP contribution in [0, 0.1) is 58.2 Å². The molecule has 5 nitrogen and oxygen atoms in total. The average Bonchev–Trinajstić information content (AvgIpc) is 3.74. The molecular weight excluding hydrogens is 603 g/mol. The zero-order valence-electron chi connectivity index (χ0n) is 29.5. The van der Waals surface area contributed by atoms with E-state index >= 15 is 0 Å². The van der Waals surface area contributed by atoms with E-state index in [2.05, 4.69) is 41.3 Å². The quantitative estimate of drug-likeness (QED) is 0.275. The molecule has 9 aliphatic rings. The largest absolute Gasteiger partial charge is 0.494 e. The number of fused-ring (bicyclic) bond motifs is 4. The summed E-state index contributed by atoms with van der Waals surface area (Å²) >= 11 is 0. The number of allylic oxidation sites excluding steroid dienone is 8. The van der Waals surface area contributed by atoms with Gasteiger partial charge in [-0.1, -0.05) is 36.8 Å². The Bertz CT molecular complexity index is 1590. The third kappa shape index (κ3) is 5.87. The third-order valence-electron chi connectivity index (χ3n) is 14.4. The van der Waals surface area contributed by atoms with E-state index in [0.717, 1.165) is 37.7 Å². The van der Waals surface area contributed by atoms with Gasteiger partial charge in [0.2, 0.25) is 0 Å². The van der Waals surface area contributed by atoms with Crippen molar-refractivity contribution in [3.05, 3.63) is 70.0 Å². The Hall–Kier alpha value is -3.02. The van der Waals surface area contributed by atoms with Gasteiger partial charge in [-0.2, -0.15) is 10.5 Å². The molecule has 2 fully saturated rings. The highest BCUT2D eigenvalue weighted by Gasteiger charge is 2.47. The second kappa shape index (κ2) is 13.6. The summed E-state index contributed by atoms with van der Waals surface area (Å²) in [5.74, 6) is 6.88. The summed E-state index contributed by atoms with van der Waals surface area (Å²) < 4.78 is 13.5. The van der Waals surface area contributed by atoms with Gasteiger partial charge in [-0.3, -0.25) is 4.90 Å². The smallest absolute Gasteiger partial charge is 0.110 e. The molecule has 0 aromatic rings. The monoisotopic (exact) mass is 657 g/mol. The van der Waals surface area contributed by atoms with Crippen molar-refractivity contribution in [2.24, 2.45) is 35.5 Å². The lowest BCUT2D eigenvalue weighted by molar-refractivity contribution is 0.00234. The fourth-order valence-electron chi connectivity index (χ4n) is 12.2. The molecule has 0 bridgehead atoms. The second-order valence-electron chi connectivity index (χ2n) is 17.0. The highest BCUT2D eigenvalue weighted by atomic mass is 16.5. The number of hydrogen-bond donors (Lipinski definition) is 0. The van der Waals surface area contributed by atoms with Crippen molar-refractivity contribution in [3.63, 3.8) is 0 Å². The van der Waals surface area contributed by atoms with Gasteiger partial charge in [-0.05, 0) is 138 Å². The average molecular weight is 658 g/mol. The minimum Gasteiger partial charge on any atom is -0.494 e. The zero-order valence-corrected chi connectivity index (χ0v) is 29.5. The number of nitriles is 2. The maximum absolute atomic E-state index is 10.0. The van der Waals surface area contributed by atoms with Gasteiger partial charge in [-0.25, -0.2) is 0 Å². The Morgan fingerprint density at radius 2 is 1.65 bits per heavy atom. The number of ether oxygens (including phenoxy) is 2. The van der Waals surface area contributed by atoms with Gasteiger partial charge >= 0.3 is 0 Å². The molecule has 8 atom stereocenters. The van der Waals surface area contributed by atoms with Crippen LogP contribution >= 0.6 is 0 Å². The SMILES string of the molecule is N#CC1=CC(C#N)CC(N(C2C=CC(C3CCCC4C5=C(CCC=C5)OC43)CC2)C2CCC(C3=C4OC5=C(CCCC5)C4CCC3)CC2)C1. The Kier molecular flexibility index (Phi) is 8.86. The summed E-state index contributed by atoms with van der Waals surface area (Å²) in [7, 11) is 0. The maximum Gasteiger partial charge on any atom is 0.110 e. The van der Waals surface area contributed by atoms with Crippen LogP contribution in [-0.2, 0) is 9.47 Å². The van der Waals surface area contributed by atoms with Crippen molar-refractivity contribution in [1.29, 1.82) is 10.5 Å². The molecule has 0 N–H and O–H groups in total. The van der Waals surface area contributed by atoms with Gasteiger partial charge < -0.3 is 9.47 Å². The van der Waals surface area contributed by atoms with Gasteiger partial charge in [-0.15, -0.1) is 0 Å². The minimum atomic E-state index is -0.164. The van der Waals surface area contributed by atoms with Crippen molar-refractivity contribution in [2.75, 3.05) is 0 Å². The van der Waals surface area contributed by atoms with Crippen LogP contribution in [0.25, 0.3) is 0 Å². The van der Waals surface area contributed by atoms with Crippen LogP contribution in [0.3, 0.4) is 0 Å².